The molecule has 1 unspecified atom stereocenters. The van der Waals surface area contributed by atoms with Crippen molar-refractivity contribution >= 4 is 27.1 Å². The fourth-order valence-electron chi connectivity index (χ4n) is 3.69. The third-order valence-corrected chi connectivity index (χ3v) is 7.01. The third-order valence-electron chi connectivity index (χ3n) is 5.18. The van der Waals surface area contributed by atoms with E-state index in [0.29, 0.717) is 44.6 Å². The zero-order valence-corrected chi connectivity index (χ0v) is 15.3. The number of sulfone groups is 1. The fourth-order valence-corrected chi connectivity index (χ4v) is 5.55. The van der Waals surface area contributed by atoms with Crippen molar-refractivity contribution in [1.29, 1.82) is 0 Å². The third kappa shape index (κ3) is 4.32. The number of piperidine rings is 1. The Morgan fingerprint density at radius 2 is 1.92 bits per heavy atom. The number of benzene rings is 1. The first-order valence-corrected chi connectivity index (χ1v) is 10.6. The highest BCUT2D eigenvalue weighted by Gasteiger charge is 2.31. The molecule has 0 radical (unpaired) electrons. The Balaban J connectivity index is 1.51. The maximum absolute atomic E-state index is 12.3. The summed E-state index contributed by atoms with van der Waals surface area (Å²) in [7, 11) is -2.93. The molecule has 1 aromatic carbocycles. The highest BCUT2D eigenvalue weighted by Crippen LogP contribution is 2.31. The largest absolute Gasteiger partial charge is 0.366 e. The summed E-state index contributed by atoms with van der Waals surface area (Å²) in [6, 6.07) is 6.64. The number of anilines is 1. The molecule has 2 heterocycles. The van der Waals surface area contributed by atoms with E-state index in [-0.39, 0.29) is 39.9 Å². The second-order valence-electron chi connectivity index (χ2n) is 7.02. The van der Waals surface area contributed by atoms with E-state index in [4.69, 9.17) is 0 Å². The van der Waals surface area contributed by atoms with E-state index in [9.17, 15) is 23.3 Å². The molecule has 8 nitrogen and oxygen atoms in total. The Morgan fingerprint density at radius 3 is 2.54 bits per heavy atom. The van der Waals surface area contributed by atoms with Gasteiger partial charge in [-0.1, -0.05) is 12.1 Å². The number of carbonyl (C=O) groups excluding carboxylic acids is 1. The van der Waals surface area contributed by atoms with Crippen molar-refractivity contribution in [3.63, 3.8) is 0 Å². The van der Waals surface area contributed by atoms with E-state index < -0.39 is 9.84 Å². The van der Waals surface area contributed by atoms with Crippen molar-refractivity contribution in [2.75, 3.05) is 36.0 Å². The zero-order valence-electron chi connectivity index (χ0n) is 14.5. The highest BCUT2D eigenvalue weighted by molar-refractivity contribution is 7.91. The van der Waals surface area contributed by atoms with Crippen LogP contribution in [0.3, 0.4) is 0 Å². The van der Waals surface area contributed by atoms with Crippen molar-refractivity contribution in [2.45, 2.75) is 19.3 Å². The Bertz CT molecular complexity index is 787. The van der Waals surface area contributed by atoms with Crippen LogP contribution < -0.4 is 10.2 Å². The smallest absolute Gasteiger partial charge is 0.292 e. The molecule has 142 valence electrons. The van der Waals surface area contributed by atoms with Gasteiger partial charge >= 0.3 is 0 Å². The van der Waals surface area contributed by atoms with Crippen LogP contribution >= 0.6 is 0 Å². The molecule has 3 rings (SSSR count). The lowest BCUT2D eigenvalue weighted by atomic mass is 9.95. The number of nitro benzene ring substituents is 1. The van der Waals surface area contributed by atoms with Gasteiger partial charge in [0.05, 0.1) is 16.4 Å². The predicted octanol–water partition coefficient (Wildman–Crippen LogP) is 1.36. The van der Waals surface area contributed by atoms with Crippen molar-refractivity contribution in [1.82, 2.24) is 5.32 Å². The molecule has 1 N–H and O–H groups in total. The van der Waals surface area contributed by atoms with Gasteiger partial charge in [0.15, 0.2) is 9.84 Å². The van der Waals surface area contributed by atoms with Gasteiger partial charge < -0.3 is 10.2 Å². The second kappa shape index (κ2) is 7.61. The Kier molecular flexibility index (Phi) is 5.45. The van der Waals surface area contributed by atoms with Gasteiger partial charge in [-0.05, 0) is 31.2 Å². The summed E-state index contributed by atoms with van der Waals surface area (Å²) in [5.74, 6) is 0.199. The van der Waals surface area contributed by atoms with Crippen LogP contribution in [0, 0.1) is 22.0 Å². The molecule has 0 aromatic heterocycles. The van der Waals surface area contributed by atoms with E-state index in [0.717, 1.165) is 0 Å². The summed E-state index contributed by atoms with van der Waals surface area (Å²) in [6.07, 6.45) is 1.86. The van der Waals surface area contributed by atoms with E-state index in [1.54, 1.807) is 18.2 Å². The predicted molar refractivity (Wildman–Crippen MR) is 97.8 cm³/mol. The number of rotatable bonds is 5. The summed E-state index contributed by atoms with van der Waals surface area (Å²) in [6.45, 7) is 1.57. The summed E-state index contributed by atoms with van der Waals surface area (Å²) < 4.78 is 22.9. The first kappa shape index (κ1) is 18.6. The minimum atomic E-state index is -2.93. The lowest BCUT2D eigenvalue weighted by Crippen LogP contribution is -2.42. The van der Waals surface area contributed by atoms with Crippen LogP contribution in [0.2, 0.25) is 0 Å². The molecule has 9 heteroatoms. The molecule has 2 fully saturated rings. The van der Waals surface area contributed by atoms with Gasteiger partial charge in [0, 0.05) is 31.6 Å². The number of nitrogens with one attached hydrogen (secondary N) is 1. The van der Waals surface area contributed by atoms with Gasteiger partial charge in [-0.3, -0.25) is 14.9 Å². The van der Waals surface area contributed by atoms with E-state index in [2.05, 4.69) is 5.32 Å². The average Bonchev–Trinajstić information content (AvgIpc) is 2.98. The van der Waals surface area contributed by atoms with Crippen LogP contribution in [0.5, 0.6) is 0 Å². The maximum atomic E-state index is 12.3. The van der Waals surface area contributed by atoms with Gasteiger partial charge in [0.2, 0.25) is 5.91 Å². The lowest BCUT2D eigenvalue weighted by molar-refractivity contribution is -0.384. The number of para-hydroxylation sites is 2. The molecular weight excluding hydrogens is 358 g/mol. The summed E-state index contributed by atoms with van der Waals surface area (Å²) >= 11 is 0. The standard InChI is InChI=1S/C17H23N3O5S/c21-17(18-11-13-7-10-26(24,25)12-13)14-5-8-19(9-6-14)15-3-1-2-4-16(15)20(22)23/h1-4,13-14H,5-12H2,(H,18,21). The highest BCUT2D eigenvalue weighted by atomic mass is 32.2. The molecule has 2 aliphatic heterocycles. The minimum absolute atomic E-state index is 0.0102. The molecule has 1 aromatic rings. The Morgan fingerprint density at radius 1 is 1.23 bits per heavy atom. The molecule has 26 heavy (non-hydrogen) atoms. The van der Waals surface area contributed by atoms with Gasteiger partial charge in [-0.25, -0.2) is 8.42 Å². The van der Waals surface area contributed by atoms with Crippen LogP contribution in [0.4, 0.5) is 11.4 Å². The van der Waals surface area contributed by atoms with E-state index in [1.807, 2.05) is 4.90 Å². The minimum Gasteiger partial charge on any atom is -0.366 e. The topological polar surface area (TPSA) is 110 Å². The number of amides is 1. The van der Waals surface area contributed by atoms with Crippen LogP contribution in [-0.2, 0) is 14.6 Å². The fraction of sp³-hybridized carbons (Fsp3) is 0.588. The van der Waals surface area contributed by atoms with Crippen molar-refractivity contribution in [3.05, 3.63) is 34.4 Å². The van der Waals surface area contributed by atoms with Crippen molar-refractivity contribution in [3.8, 4) is 0 Å². The molecule has 2 aliphatic rings. The zero-order chi connectivity index (χ0) is 18.7. The first-order chi connectivity index (χ1) is 12.4. The van der Waals surface area contributed by atoms with Crippen LogP contribution in [-0.4, -0.2) is 50.4 Å². The molecule has 1 atom stereocenters. The molecule has 0 saturated carbocycles. The van der Waals surface area contributed by atoms with Crippen LogP contribution in [0.15, 0.2) is 24.3 Å². The number of hydrogen-bond acceptors (Lipinski definition) is 6. The number of hydrogen-bond donors (Lipinski definition) is 1. The molecule has 0 spiro atoms. The van der Waals surface area contributed by atoms with Crippen molar-refractivity contribution in [2.24, 2.45) is 11.8 Å². The van der Waals surface area contributed by atoms with E-state index in [1.165, 1.54) is 6.07 Å². The quantitative estimate of drug-likeness (QED) is 0.609. The van der Waals surface area contributed by atoms with Crippen molar-refractivity contribution < 1.29 is 18.1 Å². The van der Waals surface area contributed by atoms with Gasteiger partial charge in [-0.2, -0.15) is 0 Å². The molecule has 0 aliphatic carbocycles. The van der Waals surface area contributed by atoms with Gasteiger partial charge in [-0.15, -0.1) is 0 Å². The maximum Gasteiger partial charge on any atom is 0.292 e. The first-order valence-electron chi connectivity index (χ1n) is 8.82. The summed E-state index contributed by atoms with van der Waals surface area (Å²) in [5.41, 5.74) is 0.672. The van der Waals surface area contributed by atoms with Gasteiger partial charge in [0.1, 0.15) is 5.69 Å². The van der Waals surface area contributed by atoms with Gasteiger partial charge in [0.25, 0.3) is 5.69 Å². The molecule has 2 saturated heterocycles. The molecule has 1 amide bonds. The number of carbonyl (C=O) groups is 1. The van der Waals surface area contributed by atoms with E-state index >= 15 is 0 Å². The molecular formula is C17H23N3O5S. The summed E-state index contributed by atoms with van der Waals surface area (Å²) in [4.78, 5) is 25.1. The van der Waals surface area contributed by atoms with Crippen LogP contribution in [0.1, 0.15) is 19.3 Å². The Labute approximate surface area is 152 Å². The lowest BCUT2D eigenvalue weighted by Gasteiger charge is -2.32. The number of nitro groups is 1. The summed E-state index contributed by atoms with van der Waals surface area (Å²) in [5, 5.41) is 14.1. The Hall–Kier alpha value is -2.16. The number of nitrogens with zero attached hydrogens (tertiary/aromatic N) is 2. The normalized spacial score (nSPS) is 22.9. The SMILES string of the molecule is O=C(NCC1CCS(=O)(=O)C1)C1CCN(c2ccccc2[N+](=O)[O-])CC1. The van der Waals surface area contributed by atoms with Crippen LogP contribution in [0.25, 0.3) is 0 Å². The second-order valence-corrected chi connectivity index (χ2v) is 9.25. The average molecular weight is 381 g/mol. The molecule has 0 bridgehead atoms. The monoisotopic (exact) mass is 381 g/mol.